The number of hydrogen-bond acceptors (Lipinski definition) is 3. The van der Waals surface area contributed by atoms with E-state index in [0.717, 1.165) is 36.9 Å². The van der Waals surface area contributed by atoms with Gasteiger partial charge in [0.2, 0.25) is 0 Å². The topological polar surface area (TPSA) is 57.0 Å². The van der Waals surface area contributed by atoms with Gasteiger partial charge in [0.15, 0.2) is 5.76 Å². The average Bonchev–Trinajstić information content (AvgIpc) is 3.12. The average molecular weight is 341 g/mol. The second-order valence-corrected chi connectivity index (χ2v) is 6.76. The zero-order chi connectivity index (χ0) is 17.2. The second-order valence-electron chi connectivity index (χ2n) is 6.76. The van der Waals surface area contributed by atoms with Crippen LogP contribution in [-0.4, -0.2) is 65.9 Å². The van der Waals surface area contributed by atoms with Crippen molar-refractivity contribution in [1.82, 2.24) is 14.7 Å². The number of piperazine rings is 1. The van der Waals surface area contributed by atoms with Gasteiger partial charge in [-0.25, -0.2) is 4.79 Å². The van der Waals surface area contributed by atoms with Crippen molar-refractivity contribution in [2.75, 3.05) is 39.3 Å². The van der Waals surface area contributed by atoms with Crippen LogP contribution in [0.3, 0.4) is 0 Å². The third-order valence-electron chi connectivity index (χ3n) is 5.10. The lowest BCUT2D eigenvalue weighted by molar-refractivity contribution is 0.0606. The third kappa shape index (κ3) is 3.21. The highest BCUT2D eigenvalue weighted by Gasteiger charge is 2.29. The smallest absolute Gasteiger partial charge is 0.320 e. The van der Waals surface area contributed by atoms with E-state index in [1.807, 2.05) is 34.1 Å². The summed E-state index contributed by atoms with van der Waals surface area (Å²) in [7, 11) is 0. The standard InChI is InChI=1S/C19H23N3O3/c23-18(17-14-15-6-2-3-7-16(15)25-17)20-10-12-22(13-11-20)19(24)21-8-4-1-5-9-21/h2-3,6-7,14H,1,4-5,8-13H2. The molecule has 2 aliphatic rings. The Bertz CT molecular complexity index is 738. The lowest BCUT2D eigenvalue weighted by atomic mass is 10.1. The van der Waals surface area contributed by atoms with Crippen LogP contribution < -0.4 is 0 Å². The van der Waals surface area contributed by atoms with Crippen molar-refractivity contribution in [3.05, 3.63) is 36.1 Å². The molecule has 1 aromatic heterocycles. The molecule has 0 aliphatic carbocycles. The van der Waals surface area contributed by atoms with Crippen LogP contribution in [0.4, 0.5) is 4.79 Å². The van der Waals surface area contributed by atoms with Crippen LogP contribution >= 0.6 is 0 Å². The highest BCUT2D eigenvalue weighted by Crippen LogP contribution is 2.21. The van der Waals surface area contributed by atoms with E-state index in [2.05, 4.69) is 0 Å². The number of carbonyl (C=O) groups excluding carboxylic acids is 2. The van der Waals surface area contributed by atoms with Crippen molar-refractivity contribution in [3.8, 4) is 0 Å². The molecule has 3 amide bonds. The van der Waals surface area contributed by atoms with Gasteiger partial charge in [0.25, 0.3) is 5.91 Å². The number of rotatable bonds is 1. The molecule has 0 N–H and O–H groups in total. The van der Waals surface area contributed by atoms with Crippen LogP contribution in [0.1, 0.15) is 29.8 Å². The van der Waals surface area contributed by atoms with E-state index in [0.29, 0.717) is 31.9 Å². The Kier molecular flexibility index (Phi) is 4.34. The monoisotopic (exact) mass is 341 g/mol. The first kappa shape index (κ1) is 16.0. The molecular formula is C19H23N3O3. The molecule has 132 valence electrons. The van der Waals surface area contributed by atoms with Gasteiger partial charge >= 0.3 is 6.03 Å². The fraction of sp³-hybridized carbons (Fsp3) is 0.474. The number of benzene rings is 1. The van der Waals surface area contributed by atoms with Crippen molar-refractivity contribution in [1.29, 1.82) is 0 Å². The van der Waals surface area contributed by atoms with Crippen LogP contribution in [0, 0.1) is 0 Å². The number of fused-ring (bicyclic) bond motifs is 1. The van der Waals surface area contributed by atoms with Crippen LogP contribution in [0.2, 0.25) is 0 Å². The van der Waals surface area contributed by atoms with Gasteiger partial charge < -0.3 is 19.1 Å². The molecule has 1 aromatic carbocycles. The number of amides is 3. The number of carbonyl (C=O) groups is 2. The highest BCUT2D eigenvalue weighted by molar-refractivity contribution is 5.96. The van der Waals surface area contributed by atoms with E-state index in [-0.39, 0.29) is 11.9 Å². The minimum atomic E-state index is -0.0960. The molecule has 2 aliphatic heterocycles. The number of para-hydroxylation sites is 1. The minimum absolute atomic E-state index is 0.0960. The molecule has 0 unspecified atom stereocenters. The molecule has 2 fully saturated rings. The summed E-state index contributed by atoms with van der Waals surface area (Å²) in [6.07, 6.45) is 3.40. The normalized spacial score (nSPS) is 18.6. The molecule has 2 aromatic rings. The van der Waals surface area contributed by atoms with E-state index in [4.69, 9.17) is 4.42 Å². The summed E-state index contributed by atoms with van der Waals surface area (Å²) in [6, 6.07) is 9.53. The number of urea groups is 1. The molecule has 6 nitrogen and oxygen atoms in total. The number of furan rings is 1. The van der Waals surface area contributed by atoms with Crippen LogP contribution in [-0.2, 0) is 0 Å². The summed E-state index contributed by atoms with van der Waals surface area (Å²) in [5, 5.41) is 0.935. The molecule has 2 saturated heterocycles. The Hall–Kier alpha value is -2.50. The SMILES string of the molecule is O=C(c1cc2ccccc2o1)N1CCN(C(=O)N2CCCCC2)CC1. The summed E-state index contributed by atoms with van der Waals surface area (Å²) in [6.45, 7) is 3.99. The fourth-order valence-electron chi connectivity index (χ4n) is 3.63. The fourth-order valence-corrected chi connectivity index (χ4v) is 3.63. The first-order valence-corrected chi connectivity index (χ1v) is 9.04. The van der Waals surface area contributed by atoms with Crippen LogP contribution in [0.5, 0.6) is 0 Å². The maximum atomic E-state index is 12.7. The van der Waals surface area contributed by atoms with Gasteiger partial charge in [0.05, 0.1) is 0 Å². The Morgan fingerprint density at radius 1 is 0.800 bits per heavy atom. The lowest BCUT2D eigenvalue weighted by Gasteiger charge is -2.38. The molecule has 0 spiro atoms. The van der Waals surface area contributed by atoms with Crippen LogP contribution in [0.15, 0.2) is 34.7 Å². The molecule has 0 saturated carbocycles. The predicted octanol–water partition coefficient (Wildman–Crippen LogP) is 2.80. The van der Waals surface area contributed by atoms with Gasteiger partial charge in [-0.3, -0.25) is 4.79 Å². The van der Waals surface area contributed by atoms with Crippen molar-refractivity contribution in [2.24, 2.45) is 0 Å². The van der Waals surface area contributed by atoms with E-state index >= 15 is 0 Å². The Labute approximate surface area is 147 Å². The van der Waals surface area contributed by atoms with Crippen molar-refractivity contribution >= 4 is 22.9 Å². The van der Waals surface area contributed by atoms with Gasteiger partial charge in [-0.2, -0.15) is 0 Å². The largest absolute Gasteiger partial charge is 0.451 e. The molecular weight excluding hydrogens is 318 g/mol. The molecule has 25 heavy (non-hydrogen) atoms. The van der Waals surface area contributed by atoms with Crippen LogP contribution in [0.25, 0.3) is 11.0 Å². The zero-order valence-electron chi connectivity index (χ0n) is 14.3. The van der Waals surface area contributed by atoms with Crippen molar-refractivity contribution in [3.63, 3.8) is 0 Å². The number of hydrogen-bond donors (Lipinski definition) is 0. The summed E-state index contributed by atoms with van der Waals surface area (Å²) in [4.78, 5) is 30.8. The van der Waals surface area contributed by atoms with E-state index < -0.39 is 0 Å². The first-order valence-electron chi connectivity index (χ1n) is 9.04. The van der Waals surface area contributed by atoms with Gasteiger partial charge in [0.1, 0.15) is 5.58 Å². The lowest BCUT2D eigenvalue weighted by Crippen LogP contribution is -2.54. The highest BCUT2D eigenvalue weighted by atomic mass is 16.3. The quantitative estimate of drug-likeness (QED) is 0.801. The molecule has 0 radical (unpaired) electrons. The molecule has 0 bridgehead atoms. The molecule has 4 rings (SSSR count). The number of piperidine rings is 1. The number of likely N-dealkylation sites (tertiary alicyclic amines) is 1. The Morgan fingerprint density at radius 2 is 1.44 bits per heavy atom. The summed E-state index contributed by atoms with van der Waals surface area (Å²) in [5.41, 5.74) is 0.727. The Morgan fingerprint density at radius 3 is 2.16 bits per heavy atom. The van der Waals surface area contributed by atoms with Gasteiger partial charge in [0, 0.05) is 44.7 Å². The Balaban J connectivity index is 1.37. The van der Waals surface area contributed by atoms with E-state index in [1.54, 1.807) is 11.0 Å². The molecule has 6 heteroatoms. The minimum Gasteiger partial charge on any atom is -0.451 e. The maximum Gasteiger partial charge on any atom is 0.320 e. The van der Waals surface area contributed by atoms with Gasteiger partial charge in [-0.1, -0.05) is 18.2 Å². The van der Waals surface area contributed by atoms with Gasteiger partial charge in [-0.05, 0) is 31.4 Å². The van der Waals surface area contributed by atoms with Crippen molar-refractivity contribution in [2.45, 2.75) is 19.3 Å². The second kappa shape index (κ2) is 6.78. The van der Waals surface area contributed by atoms with Gasteiger partial charge in [-0.15, -0.1) is 0 Å². The number of nitrogens with zero attached hydrogens (tertiary/aromatic N) is 3. The van der Waals surface area contributed by atoms with E-state index in [9.17, 15) is 9.59 Å². The maximum absolute atomic E-state index is 12.7. The molecule has 0 atom stereocenters. The summed E-state index contributed by atoms with van der Waals surface area (Å²) >= 11 is 0. The van der Waals surface area contributed by atoms with E-state index in [1.165, 1.54) is 6.42 Å². The third-order valence-corrected chi connectivity index (χ3v) is 5.10. The first-order chi connectivity index (χ1) is 12.2. The molecule has 3 heterocycles. The predicted molar refractivity (Wildman–Crippen MR) is 94.5 cm³/mol. The zero-order valence-corrected chi connectivity index (χ0v) is 14.3. The summed E-state index contributed by atoms with van der Waals surface area (Å²) in [5.74, 6) is 0.276. The van der Waals surface area contributed by atoms with Crippen molar-refractivity contribution < 1.29 is 14.0 Å². The summed E-state index contributed by atoms with van der Waals surface area (Å²) < 4.78 is 5.67.